The van der Waals surface area contributed by atoms with Crippen molar-refractivity contribution in [3.63, 3.8) is 0 Å². The molecular weight excluding hydrogens is 336 g/mol. The topological polar surface area (TPSA) is 61.4 Å². The summed E-state index contributed by atoms with van der Waals surface area (Å²) in [6.45, 7) is 14.9. The second-order valence-corrected chi connectivity index (χ2v) is 5.95. The molecule has 7 nitrogen and oxygen atoms in total. The van der Waals surface area contributed by atoms with Gasteiger partial charge in [-0.3, -0.25) is 4.90 Å². The Hall–Kier alpha value is -0.280. The van der Waals surface area contributed by atoms with Gasteiger partial charge in [-0.2, -0.15) is 0 Å². The van der Waals surface area contributed by atoms with Gasteiger partial charge in [0.15, 0.2) is 0 Å². The number of nitrogens with zero attached hydrogens (tertiary/aromatic N) is 1. The fourth-order valence-corrected chi connectivity index (χ4v) is 2.10. The Kier molecular flexibility index (Phi) is 22.5. The molecule has 0 aromatic carbocycles. The predicted octanol–water partition coefficient (Wildman–Crippen LogP) is 1.41. The third-order valence-corrected chi connectivity index (χ3v) is 3.81. The second kappa shape index (κ2) is 22.8. The fourth-order valence-electron chi connectivity index (χ4n) is 2.10. The Morgan fingerprint density at radius 1 is 0.615 bits per heavy atom. The van der Waals surface area contributed by atoms with Gasteiger partial charge >= 0.3 is 0 Å². The van der Waals surface area contributed by atoms with Crippen molar-refractivity contribution in [3.8, 4) is 0 Å². The highest BCUT2D eigenvalue weighted by molar-refractivity contribution is 4.54. The number of hydrogen-bond donors (Lipinski definition) is 1. The van der Waals surface area contributed by atoms with E-state index in [-0.39, 0.29) is 0 Å². The number of nitrogens with one attached hydrogen (secondary N) is 1. The molecule has 26 heavy (non-hydrogen) atoms. The van der Waals surface area contributed by atoms with Crippen LogP contribution in [-0.2, 0) is 23.7 Å². The molecule has 0 atom stereocenters. The summed E-state index contributed by atoms with van der Waals surface area (Å²) in [5.41, 5.74) is 0. The average molecular weight is 379 g/mol. The zero-order valence-electron chi connectivity index (χ0n) is 17.3. The maximum absolute atomic E-state index is 5.62. The third kappa shape index (κ3) is 20.0. The number of ether oxygens (including phenoxy) is 5. The molecule has 0 unspecified atom stereocenters. The molecule has 0 amide bonds. The van der Waals surface area contributed by atoms with Crippen LogP contribution in [0.25, 0.3) is 0 Å². The smallest absolute Gasteiger partial charge is 0.0701 e. The largest absolute Gasteiger partial charge is 0.379 e. The van der Waals surface area contributed by atoms with Gasteiger partial charge in [-0.25, -0.2) is 0 Å². The molecule has 0 fully saturated rings. The molecule has 0 rings (SSSR count). The molecule has 0 saturated carbocycles. The summed E-state index contributed by atoms with van der Waals surface area (Å²) >= 11 is 0. The molecule has 0 bridgehead atoms. The molecule has 0 aliphatic rings. The van der Waals surface area contributed by atoms with E-state index in [1.165, 1.54) is 6.42 Å². The van der Waals surface area contributed by atoms with Crippen LogP contribution in [0.15, 0.2) is 0 Å². The lowest BCUT2D eigenvalue weighted by molar-refractivity contribution is 0.00726. The van der Waals surface area contributed by atoms with Crippen LogP contribution in [0.4, 0.5) is 0 Å². The van der Waals surface area contributed by atoms with Crippen LogP contribution < -0.4 is 5.32 Å². The third-order valence-electron chi connectivity index (χ3n) is 3.81. The summed E-state index contributed by atoms with van der Waals surface area (Å²) in [5, 5.41) is 3.04. The Labute approximate surface area is 160 Å². The summed E-state index contributed by atoms with van der Waals surface area (Å²) in [4.78, 5) is 2.32. The molecule has 0 radical (unpaired) electrons. The zero-order chi connectivity index (χ0) is 19.1. The van der Waals surface area contributed by atoms with E-state index in [1.54, 1.807) is 0 Å². The minimum atomic E-state index is 0.625. The number of unbranched alkanes of at least 4 members (excludes halogenated alkanes) is 1. The lowest BCUT2D eigenvalue weighted by Gasteiger charge is -2.20. The summed E-state index contributed by atoms with van der Waals surface area (Å²) in [7, 11) is 1.92. The van der Waals surface area contributed by atoms with Gasteiger partial charge in [0.05, 0.1) is 59.5 Å². The van der Waals surface area contributed by atoms with Gasteiger partial charge in [0.2, 0.25) is 0 Å². The first-order chi connectivity index (χ1) is 12.8. The summed E-state index contributed by atoms with van der Waals surface area (Å²) < 4.78 is 27.5. The molecule has 0 aliphatic heterocycles. The van der Waals surface area contributed by atoms with Crippen LogP contribution in [0.2, 0.25) is 0 Å². The van der Waals surface area contributed by atoms with E-state index >= 15 is 0 Å². The first-order valence-electron chi connectivity index (χ1n) is 10.1. The highest BCUT2D eigenvalue weighted by Gasteiger charge is 2.02. The van der Waals surface area contributed by atoms with Gasteiger partial charge in [0.1, 0.15) is 0 Å². The normalized spacial score (nSPS) is 11.5. The lowest BCUT2D eigenvalue weighted by atomic mass is 10.4. The molecule has 0 aromatic heterocycles. The van der Waals surface area contributed by atoms with Crippen molar-refractivity contribution in [2.24, 2.45) is 0 Å². The molecule has 0 spiro atoms. The van der Waals surface area contributed by atoms with Crippen molar-refractivity contribution >= 4 is 0 Å². The van der Waals surface area contributed by atoms with Gasteiger partial charge in [0.25, 0.3) is 0 Å². The molecule has 158 valence electrons. The van der Waals surface area contributed by atoms with Crippen molar-refractivity contribution < 1.29 is 23.7 Å². The first-order valence-corrected chi connectivity index (χ1v) is 10.1. The van der Waals surface area contributed by atoms with Crippen molar-refractivity contribution in [1.29, 1.82) is 0 Å². The Morgan fingerprint density at radius 2 is 1.08 bits per heavy atom. The van der Waals surface area contributed by atoms with E-state index in [4.69, 9.17) is 23.7 Å². The van der Waals surface area contributed by atoms with Crippen LogP contribution in [0.1, 0.15) is 26.7 Å². The summed E-state index contributed by atoms with van der Waals surface area (Å²) in [6, 6.07) is 0. The molecule has 7 heteroatoms. The zero-order valence-corrected chi connectivity index (χ0v) is 17.3. The highest BCUT2D eigenvalue weighted by atomic mass is 16.5. The van der Waals surface area contributed by atoms with Crippen LogP contribution in [-0.4, -0.2) is 104 Å². The molecule has 0 saturated heterocycles. The number of hydrogen-bond acceptors (Lipinski definition) is 7. The van der Waals surface area contributed by atoms with Gasteiger partial charge in [-0.15, -0.1) is 0 Å². The van der Waals surface area contributed by atoms with Crippen molar-refractivity contribution in [3.05, 3.63) is 0 Å². The van der Waals surface area contributed by atoms with Crippen molar-refractivity contribution in [2.45, 2.75) is 26.7 Å². The van der Waals surface area contributed by atoms with E-state index in [9.17, 15) is 0 Å². The van der Waals surface area contributed by atoms with Gasteiger partial charge < -0.3 is 29.0 Å². The quantitative estimate of drug-likeness (QED) is 0.286. The second-order valence-electron chi connectivity index (χ2n) is 5.95. The Bertz CT molecular complexity index is 260. The van der Waals surface area contributed by atoms with Gasteiger partial charge in [-0.1, -0.05) is 20.3 Å². The highest BCUT2D eigenvalue weighted by Crippen LogP contribution is 1.91. The van der Waals surface area contributed by atoms with Gasteiger partial charge in [-0.05, 0) is 20.0 Å². The lowest BCUT2D eigenvalue weighted by Crippen LogP contribution is -2.31. The van der Waals surface area contributed by atoms with Crippen LogP contribution in [0, 0.1) is 0 Å². The maximum Gasteiger partial charge on any atom is 0.0701 e. The summed E-state index contributed by atoms with van der Waals surface area (Å²) in [6.07, 6.45) is 2.29. The molecule has 0 aromatic rings. The Morgan fingerprint density at radius 3 is 1.54 bits per heavy atom. The average Bonchev–Trinajstić information content (AvgIpc) is 2.66. The SMILES string of the molecule is CCCCOCCOCCOCCN(CC)CCOCCOCCNC. The van der Waals surface area contributed by atoms with Crippen molar-refractivity contribution in [1.82, 2.24) is 10.2 Å². The van der Waals surface area contributed by atoms with Gasteiger partial charge in [0, 0.05) is 26.2 Å². The maximum atomic E-state index is 5.62. The minimum Gasteiger partial charge on any atom is -0.379 e. The van der Waals surface area contributed by atoms with Crippen molar-refractivity contribution in [2.75, 3.05) is 99.3 Å². The van der Waals surface area contributed by atoms with E-state index in [0.29, 0.717) is 39.6 Å². The monoisotopic (exact) mass is 378 g/mol. The summed E-state index contributed by atoms with van der Waals surface area (Å²) in [5.74, 6) is 0. The van der Waals surface area contributed by atoms with E-state index in [2.05, 4.69) is 24.1 Å². The van der Waals surface area contributed by atoms with Crippen LogP contribution >= 0.6 is 0 Å². The number of likely N-dealkylation sites (N-methyl/N-ethyl adjacent to an activating group) is 2. The van der Waals surface area contributed by atoms with E-state index in [0.717, 1.165) is 59.0 Å². The molecule has 0 heterocycles. The Balaban J connectivity index is 3.27. The van der Waals surface area contributed by atoms with E-state index < -0.39 is 0 Å². The first kappa shape index (κ1) is 25.7. The number of rotatable bonds is 22. The van der Waals surface area contributed by atoms with E-state index in [1.807, 2.05) is 7.05 Å². The minimum absolute atomic E-state index is 0.625. The predicted molar refractivity (Wildman–Crippen MR) is 105 cm³/mol. The standard InChI is InChI=1S/C19H42N2O5/c1-4-6-10-22-14-18-26-19-17-25-13-9-21(5-2)8-12-24-16-15-23-11-7-20-3/h20H,4-19H2,1-3H3. The molecule has 1 N–H and O–H groups in total. The fraction of sp³-hybridized carbons (Fsp3) is 1.00. The van der Waals surface area contributed by atoms with Crippen LogP contribution in [0.3, 0.4) is 0 Å². The molecular formula is C19H42N2O5. The van der Waals surface area contributed by atoms with Crippen LogP contribution in [0.5, 0.6) is 0 Å². The molecule has 0 aliphatic carbocycles.